The van der Waals surface area contributed by atoms with Gasteiger partial charge in [-0.15, -0.1) is 0 Å². The zero-order valence-corrected chi connectivity index (χ0v) is 21.2. The van der Waals surface area contributed by atoms with Crippen LogP contribution in [0.25, 0.3) is 10.9 Å². The quantitative estimate of drug-likeness (QED) is 0.661. The Kier molecular flexibility index (Phi) is 8.23. The molecular formula is C27H38N4O4. The van der Waals surface area contributed by atoms with Gasteiger partial charge in [0.05, 0.1) is 24.4 Å². The fourth-order valence-corrected chi connectivity index (χ4v) is 5.12. The Morgan fingerprint density at radius 1 is 1.11 bits per heavy atom. The van der Waals surface area contributed by atoms with Gasteiger partial charge in [0, 0.05) is 50.2 Å². The second-order valence-corrected chi connectivity index (χ2v) is 10.5. The number of fused-ring (bicyclic) bond motifs is 1. The van der Waals surface area contributed by atoms with E-state index in [1.807, 2.05) is 56.0 Å². The molecule has 8 nitrogen and oxygen atoms in total. The Morgan fingerprint density at radius 2 is 1.83 bits per heavy atom. The normalized spacial score (nSPS) is 18.9. The summed E-state index contributed by atoms with van der Waals surface area (Å²) in [5.74, 6) is 0.436. The number of anilines is 1. The molecule has 2 saturated heterocycles. The third kappa shape index (κ3) is 6.92. The van der Waals surface area contributed by atoms with Gasteiger partial charge in [0.1, 0.15) is 5.60 Å². The first-order valence-electron chi connectivity index (χ1n) is 12.7. The summed E-state index contributed by atoms with van der Waals surface area (Å²) < 4.78 is 11.1. The molecule has 2 aliphatic heterocycles. The smallest absolute Gasteiger partial charge is 0.410 e. The number of nitrogens with zero attached hydrogens (tertiary/aromatic N) is 3. The highest BCUT2D eigenvalue weighted by molar-refractivity contribution is 6.00. The molecule has 1 atom stereocenters. The molecular weight excluding hydrogens is 444 g/mol. The van der Waals surface area contributed by atoms with E-state index >= 15 is 0 Å². The molecule has 1 aromatic carbocycles. The Balaban J connectivity index is 1.36. The zero-order chi connectivity index (χ0) is 24.8. The van der Waals surface area contributed by atoms with E-state index in [0.29, 0.717) is 25.4 Å². The van der Waals surface area contributed by atoms with E-state index in [2.05, 4.69) is 15.2 Å². The van der Waals surface area contributed by atoms with E-state index in [1.165, 1.54) is 0 Å². The highest BCUT2D eigenvalue weighted by Crippen LogP contribution is 2.29. The number of hydrogen-bond acceptors (Lipinski definition) is 6. The lowest BCUT2D eigenvalue weighted by atomic mass is 9.85. The lowest BCUT2D eigenvalue weighted by Gasteiger charge is -2.42. The number of hydrogen-bond donors (Lipinski definition) is 1. The molecule has 4 rings (SSSR count). The number of likely N-dealkylation sites (tertiary alicyclic amines) is 1. The van der Waals surface area contributed by atoms with Crippen LogP contribution in [0, 0.1) is 5.92 Å². The first-order chi connectivity index (χ1) is 16.8. The van der Waals surface area contributed by atoms with Crippen LogP contribution in [0.4, 0.5) is 10.5 Å². The van der Waals surface area contributed by atoms with Gasteiger partial charge < -0.3 is 19.7 Å². The fraction of sp³-hybridized carbons (Fsp3) is 0.593. The molecule has 190 valence electrons. The summed E-state index contributed by atoms with van der Waals surface area (Å²) in [5, 5.41) is 4.08. The molecule has 3 heterocycles. The SMILES string of the molecule is CC(C)(C)OC(=O)N1CCC(C(CCC(=O)Nc2cccc3cccnc23)N2CCOCC2)CC1. The molecule has 2 aromatic rings. The minimum atomic E-state index is -0.489. The Bertz CT molecular complexity index is 1000. The van der Waals surface area contributed by atoms with Crippen LogP contribution in [0.3, 0.4) is 0 Å². The second-order valence-electron chi connectivity index (χ2n) is 10.5. The van der Waals surface area contributed by atoms with Crippen molar-refractivity contribution in [2.75, 3.05) is 44.7 Å². The van der Waals surface area contributed by atoms with Crippen molar-refractivity contribution in [2.24, 2.45) is 5.92 Å². The number of morpholine rings is 1. The van der Waals surface area contributed by atoms with Crippen molar-refractivity contribution in [1.29, 1.82) is 0 Å². The number of piperidine rings is 1. The second kappa shape index (κ2) is 11.4. The predicted molar refractivity (Wildman–Crippen MR) is 136 cm³/mol. The van der Waals surface area contributed by atoms with Gasteiger partial charge in [-0.2, -0.15) is 0 Å². The van der Waals surface area contributed by atoms with Crippen molar-refractivity contribution in [3.63, 3.8) is 0 Å². The summed E-state index contributed by atoms with van der Waals surface area (Å²) in [7, 11) is 0. The topological polar surface area (TPSA) is 84.0 Å². The van der Waals surface area contributed by atoms with E-state index in [1.54, 1.807) is 6.20 Å². The van der Waals surface area contributed by atoms with Crippen molar-refractivity contribution in [2.45, 2.75) is 58.1 Å². The molecule has 1 unspecified atom stereocenters. The summed E-state index contributed by atoms with van der Waals surface area (Å²) in [6.07, 6.45) is 4.56. The first kappa shape index (κ1) is 25.4. The van der Waals surface area contributed by atoms with Crippen molar-refractivity contribution < 1.29 is 19.1 Å². The third-order valence-electron chi connectivity index (χ3n) is 6.82. The maximum absolute atomic E-state index is 12.9. The molecule has 2 amide bonds. The summed E-state index contributed by atoms with van der Waals surface area (Å²) in [5.41, 5.74) is 1.07. The maximum Gasteiger partial charge on any atom is 0.410 e. The first-order valence-corrected chi connectivity index (χ1v) is 12.7. The highest BCUT2D eigenvalue weighted by atomic mass is 16.6. The fourth-order valence-electron chi connectivity index (χ4n) is 5.12. The van der Waals surface area contributed by atoms with Crippen LogP contribution in [0.1, 0.15) is 46.5 Å². The van der Waals surface area contributed by atoms with Crippen LogP contribution >= 0.6 is 0 Å². The third-order valence-corrected chi connectivity index (χ3v) is 6.82. The number of carbonyl (C=O) groups is 2. The van der Waals surface area contributed by atoms with Gasteiger partial charge in [-0.05, 0) is 58.1 Å². The van der Waals surface area contributed by atoms with E-state index in [4.69, 9.17) is 9.47 Å². The molecule has 0 bridgehead atoms. The minimum absolute atomic E-state index is 0.00704. The molecule has 2 aliphatic rings. The number of rotatable bonds is 6. The summed E-state index contributed by atoms with van der Waals surface area (Å²) in [6.45, 7) is 10.3. The van der Waals surface area contributed by atoms with Crippen LogP contribution < -0.4 is 5.32 Å². The number of benzene rings is 1. The van der Waals surface area contributed by atoms with Gasteiger partial charge in [0.15, 0.2) is 0 Å². The summed E-state index contributed by atoms with van der Waals surface area (Å²) in [4.78, 5) is 34.2. The van der Waals surface area contributed by atoms with Crippen LogP contribution in [0.15, 0.2) is 36.5 Å². The zero-order valence-electron chi connectivity index (χ0n) is 21.2. The molecule has 1 aromatic heterocycles. The van der Waals surface area contributed by atoms with Crippen molar-refractivity contribution >= 4 is 28.6 Å². The maximum atomic E-state index is 12.9. The number of pyridine rings is 1. The molecule has 8 heteroatoms. The van der Waals surface area contributed by atoms with E-state index in [0.717, 1.165) is 62.2 Å². The van der Waals surface area contributed by atoms with Gasteiger partial charge in [-0.25, -0.2) is 4.79 Å². The van der Waals surface area contributed by atoms with Crippen molar-refractivity contribution in [1.82, 2.24) is 14.8 Å². The predicted octanol–water partition coefficient (Wildman–Crippen LogP) is 4.30. The number of para-hydroxylation sites is 1. The van der Waals surface area contributed by atoms with Gasteiger partial charge in [-0.3, -0.25) is 14.7 Å². The number of nitrogens with one attached hydrogen (secondary N) is 1. The monoisotopic (exact) mass is 482 g/mol. The molecule has 2 fully saturated rings. The Labute approximate surface area is 208 Å². The minimum Gasteiger partial charge on any atom is -0.444 e. The molecule has 0 aliphatic carbocycles. The van der Waals surface area contributed by atoms with E-state index < -0.39 is 5.60 Å². The van der Waals surface area contributed by atoms with Crippen LogP contribution in [-0.2, 0) is 14.3 Å². The number of aromatic nitrogens is 1. The summed E-state index contributed by atoms with van der Waals surface area (Å²) >= 11 is 0. The molecule has 0 spiro atoms. The molecule has 0 saturated carbocycles. The van der Waals surface area contributed by atoms with Gasteiger partial charge in [0.25, 0.3) is 0 Å². The highest BCUT2D eigenvalue weighted by Gasteiger charge is 2.34. The Hall–Kier alpha value is -2.71. The molecule has 0 radical (unpaired) electrons. The Morgan fingerprint density at radius 3 is 2.54 bits per heavy atom. The molecule has 35 heavy (non-hydrogen) atoms. The lowest BCUT2D eigenvalue weighted by Crippen LogP contribution is -2.51. The van der Waals surface area contributed by atoms with Gasteiger partial charge >= 0.3 is 6.09 Å². The largest absolute Gasteiger partial charge is 0.444 e. The van der Waals surface area contributed by atoms with Crippen LogP contribution in [0.5, 0.6) is 0 Å². The standard InChI is InChI=1S/C27H38N4O4/c1-27(2,3)35-26(33)31-14-11-20(12-15-31)23(30-16-18-34-19-17-30)9-10-24(32)29-22-8-4-6-21-7-5-13-28-25(21)22/h4-8,13,20,23H,9-12,14-19H2,1-3H3,(H,29,32). The van der Waals surface area contributed by atoms with Gasteiger partial charge in [-0.1, -0.05) is 18.2 Å². The van der Waals surface area contributed by atoms with Crippen LogP contribution in [0.2, 0.25) is 0 Å². The lowest BCUT2D eigenvalue weighted by molar-refractivity contribution is -0.116. The van der Waals surface area contributed by atoms with Crippen LogP contribution in [-0.4, -0.2) is 77.8 Å². The number of ether oxygens (including phenoxy) is 2. The van der Waals surface area contributed by atoms with E-state index in [-0.39, 0.29) is 18.0 Å². The summed E-state index contributed by atoms with van der Waals surface area (Å²) in [6, 6.07) is 10.0. The van der Waals surface area contributed by atoms with Gasteiger partial charge in [0.2, 0.25) is 5.91 Å². The number of amides is 2. The van der Waals surface area contributed by atoms with Crippen molar-refractivity contribution in [3.8, 4) is 0 Å². The van der Waals surface area contributed by atoms with E-state index in [9.17, 15) is 9.59 Å². The number of carbonyl (C=O) groups excluding carboxylic acids is 2. The average molecular weight is 483 g/mol. The van der Waals surface area contributed by atoms with Crippen molar-refractivity contribution in [3.05, 3.63) is 36.5 Å². The average Bonchev–Trinajstić information content (AvgIpc) is 2.84. The molecule has 1 N–H and O–H groups in total.